The third-order valence-corrected chi connectivity index (χ3v) is 3.97. The van der Waals surface area contributed by atoms with Gasteiger partial charge in [-0.3, -0.25) is 4.72 Å². The molecule has 0 heterocycles. The van der Waals surface area contributed by atoms with Crippen molar-refractivity contribution in [2.24, 2.45) is 0 Å². The van der Waals surface area contributed by atoms with Crippen molar-refractivity contribution in [2.45, 2.75) is 18.3 Å². The average Bonchev–Trinajstić information content (AvgIpc) is 2.26. The molecule has 18 heavy (non-hydrogen) atoms. The number of nitrogens with one attached hydrogen (secondary N) is 1. The van der Waals surface area contributed by atoms with Crippen molar-refractivity contribution in [3.8, 4) is 0 Å². The molecule has 102 valence electrons. The van der Waals surface area contributed by atoms with E-state index in [2.05, 4.69) is 0 Å². The molecule has 0 aromatic heterocycles. The monoisotopic (exact) mass is 283 g/mol. The lowest BCUT2D eigenvalue weighted by molar-refractivity contribution is -0.137. The quantitative estimate of drug-likeness (QED) is 0.886. The summed E-state index contributed by atoms with van der Waals surface area (Å²) in [6, 6.07) is 3.84. The molecule has 2 N–H and O–H groups in total. The van der Waals surface area contributed by atoms with E-state index in [1.807, 2.05) is 4.72 Å². The maximum atomic E-state index is 12.4. The zero-order chi connectivity index (χ0) is 14.0. The summed E-state index contributed by atoms with van der Waals surface area (Å²) in [6.45, 7) is 0.629. The third kappa shape index (κ3) is 3.61. The van der Waals surface area contributed by atoms with Crippen LogP contribution in [0.1, 0.15) is 12.5 Å². The lowest BCUT2D eigenvalue weighted by atomic mass is 10.2. The molecule has 0 aliphatic carbocycles. The number of aliphatic hydroxyl groups is 1. The molecule has 0 aliphatic heterocycles. The van der Waals surface area contributed by atoms with E-state index in [4.69, 9.17) is 5.11 Å². The van der Waals surface area contributed by atoms with Gasteiger partial charge in [-0.25, -0.2) is 8.42 Å². The minimum absolute atomic E-state index is 0.190. The standard InChI is InChI=1S/C10H12F3NO3S/c1-7(6-15)18(16,17)14-9-4-2-3-8(5-9)10(11,12)13/h2-5,7,14-15H,6H2,1H3. The van der Waals surface area contributed by atoms with E-state index < -0.39 is 33.6 Å². The summed E-state index contributed by atoms with van der Waals surface area (Å²) < 4.78 is 62.3. The number of alkyl halides is 3. The van der Waals surface area contributed by atoms with Crippen molar-refractivity contribution in [1.29, 1.82) is 0 Å². The van der Waals surface area contributed by atoms with Gasteiger partial charge in [0.05, 0.1) is 12.2 Å². The molecule has 0 saturated carbocycles. The molecule has 1 aromatic carbocycles. The number of sulfonamides is 1. The Labute approximate surface area is 102 Å². The van der Waals surface area contributed by atoms with E-state index in [1.54, 1.807) is 0 Å². The summed E-state index contributed by atoms with van der Waals surface area (Å²) in [7, 11) is -3.89. The smallest absolute Gasteiger partial charge is 0.395 e. The van der Waals surface area contributed by atoms with E-state index >= 15 is 0 Å². The predicted octanol–water partition coefficient (Wildman–Crippen LogP) is 1.83. The van der Waals surface area contributed by atoms with Crippen molar-refractivity contribution < 1.29 is 26.7 Å². The Kier molecular flexibility index (Phi) is 4.23. The molecule has 0 radical (unpaired) electrons. The summed E-state index contributed by atoms with van der Waals surface area (Å²) in [5.74, 6) is 0. The molecular weight excluding hydrogens is 271 g/mol. The summed E-state index contributed by atoms with van der Waals surface area (Å²) in [5.41, 5.74) is -1.13. The van der Waals surface area contributed by atoms with Crippen LogP contribution in [0.3, 0.4) is 0 Å². The molecule has 1 aromatic rings. The maximum Gasteiger partial charge on any atom is 0.416 e. The van der Waals surface area contributed by atoms with Gasteiger partial charge in [0, 0.05) is 5.69 Å². The second kappa shape index (κ2) is 5.15. The van der Waals surface area contributed by atoms with Crippen molar-refractivity contribution in [3.63, 3.8) is 0 Å². The number of hydrogen-bond donors (Lipinski definition) is 2. The highest BCUT2D eigenvalue weighted by Crippen LogP contribution is 2.30. The zero-order valence-electron chi connectivity index (χ0n) is 9.40. The normalized spacial score (nSPS) is 14.3. The SMILES string of the molecule is CC(CO)S(=O)(=O)Nc1cccc(C(F)(F)F)c1. The Balaban J connectivity index is 3.00. The fraction of sp³-hybridized carbons (Fsp3) is 0.400. The van der Waals surface area contributed by atoms with Crippen LogP contribution in [0.2, 0.25) is 0 Å². The lowest BCUT2D eigenvalue weighted by Gasteiger charge is -2.14. The Morgan fingerprint density at radius 2 is 2.00 bits per heavy atom. The zero-order valence-corrected chi connectivity index (χ0v) is 10.2. The average molecular weight is 283 g/mol. The molecule has 1 rings (SSSR count). The summed E-state index contributed by atoms with van der Waals surface area (Å²) in [5, 5.41) is 7.63. The van der Waals surface area contributed by atoms with Crippen LogP contribution in [0.4, 0.5) is 18.9 Å². The van der Waals surface area contributed by atoms with E-state index in [9.17, 15) is 21.6 Å². The molecule has 0 spiro atoms. The van der Waals surface area contributed by atoms with Crippen LogP contribution in [-0.4, -0.2) is 25.4 Å². The van der Waals surface area contributed by atoms with Crippen molar-refractivity contribution >= 4 is 15.7 Å². The lowest BCUT2D eigenvalue weighted by Crippen LogP contribution is -2.28. The third-order valence-electron chi connectivity index (χ3n) is 2.24. The number of benzene rings is 1. The molecule has 0 fully saturated rings. The predicted molar refractivity (Wildman–Crippen MR) is 60.5 cm³/mol. The highest BCUT2D eigenvalue weighted by molar-refractivity contribution is 7.93. The van der Waals surface area contributed by atoms with Gasteiger partial charge in [-0.15, -0.1) is 0 Å². The fourth-order valence-corrected chi connectivity index (χ4v) is 1.97. The number of aliphatic hydroxyl groups excluding tert-OH is 1. The van der Waals surface area contributed by atoms with Gasteiger partial charge in [0.1, 0.15) is 5.25 Å². The van der Waals surface area contributed by atoms with Gasteiger partial charge in [-0.2, -0.15) is 13.2 Å². The second-order valence-corrected chi connectivity index (χ2v) is 5.82. The number of anilines is 1. The first-order chi connectivity index (χ1) is 8.16. The molecule has 0 amide bonds. The molecule has 1 atom stereocenters. The minimum Gasteiger partial charge on any atom is -0.395 e. The van der Waals surface area contributed by atoms with Gasteiger partial charge in [0.2, 0.25) is 10.0 Å². The number of rotatable bonds is 4. The Morgan fingerprint density at radius 3 is 2.50 bits per heavy atom. The van der Waals surface area contributed by atoms with Crippen LogP contribution in [0, 0.1) is 0 Å². The van der Waals surface area contributed by atoms with Crippen LogP contribution in [0.15, 0.2) is 24.3 Å². The van der Waals surface area contributed by atoms with Gasteiger partial charge in [0.15, 0.2) is 0 Å². The van der Waals surface area contributed by atoms with E-state index in [1.165, 1.54) is 13.0 Å². The van der Waals surface area contributed by atoms with E-state index in [0.717, 1.165) is 12.1 Å². The molecule has 0 bridgehead atoms. The summed E-state index contributed by atoms with van der Waals surface area (Å²) >= 11 is 0. The Morgan fingerprint density at radius 1 is 1.39 bits per heavy atom. The maximum absolute atomic E-state index is 12.4. The van der Waals surface area contributed by atoms with Gasteiger partial charge in [-0.1, -0.05) is 6.07 Å². The molecule has 8 heteroatoms. The first-order valence-electron chi connectivity index (χ1n) is 4.96. The topological polar surface area (TPSA) is 66.4 Å². The minimum atomic E-state index is -4.54. The molecule has 0 aliphatic rings. The first kappa shape index (κ1) is 14.8. The van der Waals surface area contributed by atoms with Crippen molar-refractivity contribution in [3.05, 3.63) is 29.8 Å². The number of halogens is 3. The van der Waals surface area contributed by atoms with Crippen LogP contribution in [0.5, 0.6) is 0 Å². The van der Waals surface area contributed by atoms with Crippen LogP contribution in [0.25, 0.3) is 0 Å². The largest absolute Gasteiger partial charge is 0.416 e. The van der Waals surface area contributed by atoms with Crippen LogP contribution >= 0.6 is 0 Å². The molecule has 1 unspecified atom stereocenters. The Bertz CT molecular complexity index is 513. The van der Waals surface area contributed by atoms with Crippen molar-refractivity contribution in [2.75, 3.05) is 11.3 Å². The van der Waals surface area contributed by atoms with Crippen LogP contribution < -0.4 is 4.72 Å². The molecular formula is C10H12F3NO3S. The second-order valence-electron chi connectivity index (χ2n) is 3.72. The van der Waals surface area contributed by atoms with E-state index in [-0.39, 0.29) is 5.69 Å². The molecule has 4 nitrogen and oxygen atoms in total. The van der Waals surface area contributed by atoms with Crippen molar-refractivity contribution in [1.82, 2.24) is 0 Å². The van der Waals surface area contributed by atoms with E-state index in [0.29, 0.717) is 6.07 Å². The van der Waals surface area contributed by atoms with Gasteiger partial charge in [0.25, 0.3) is 0 Å². The summed E-state index contributed by atoms with van der Waals surface area (Å²) in [4.78, 5) is 0. The summed E-state index contributed by atoms with van der Waals surface area (Å²) in [6.07, 6.45) is -4.54. The fourth-order valence-electron chi connectivity index (χ4n) is 1.12. The number of hydrogen-bond acceptors (Lipinski definition) is 3. The van der Waals surface area contributed by atoms with Crippen LogP contribution in [-0.2, 0) is 16.2 Å². The van der Waals surface area contributed by atoms with Gasteiger partial charge < -0.3 is 5.11 Å². The van der Waals surface area contributed by atoms with Gasteiger partial charge in [-0.05, 0) is 25.1 Å². The first-order valence-corrected chi connectivity index (χ1v) is 6.51. The highest BCUT2D eigenvalue weighted by Gasteiger charge is 2.31. The Hall–Kier alpha value is -1.28. The van der Waals surface area contributed by atoms with Gasteiger partial charge >= 0.3 is 6.18 Å². The highest BCUT2D eigenvalue weighted by atomic mass is 32.2. The molecule has 0 saturated heterocycles.